The van der Waals surface area contributed by atoms with E-state index >= 15 is 0 Å². The lowest BCUT2D eigenvalue weighted by molar-refractivity contribution is 0.306. The second kappa shape index (κ2) is 10.4. The summed E-state index contributed by atoms with van der Waals surface area (Å²) in [5.41, 5.74) is 2.55. The van der Waals surface area contributed by atoms with Crippen LogP contribution in [-0.4, -0.2) is 15.9 Å². The summed E-state index contributed by atoms with van der Waals surface area (Å²) in [4.78, 5) is 18.6. The molecule has 7 aromatic rings. The molecule has 0 radical (unpaired) electrons. The fourth-order valence-corrected chi connectivity index (χ4v) is 5.09. The monoisotopic (exact) mass is 555 g/mol. The molecule has 0 saturated carbocycles. The van der Waals surface area contributed by atoms with Gasteiger partial charge in [0, 0.05) is 21.5 Å². The summed E-state index contributed by atoms with van der Waals surface area (Å²) in [6.07, 6.45) is 1.65. The molecule has 7 rings (SSSR count). The van der Waals surface area contributed by atoms with Crippen LogP contribution < -0.4 is 10.3 Å². The minimum atomic E-state index is -0.305. The molecule has 0 saturated heterocycles. The van der Waals surface area contributed by atoms with Crippen molar-refractivity contribution in [1.29, 1.82) is 0 Å². The lowest BCUT2D eigenvalue weighted by atomic mass is 10.0. The average Bonchev–Trinajstić information content (AvgIpc) is 3.45. The van der Waals surface area contributed by atoms with Gasteiger partial charge in [0.15, 0.2) is 5.76 Å². The number of ether oxygens (including phenoxy) is 1. The second-order valence-corrected chi connectivity index (χ2v) is 9.95. The third-order valence-corrected chi connectivity index (χ3v) is 7.34. The van der Waals surface area contributed by atoms with Crippen LogP contribution in [0.15, 0.2) is 130 Å². The fourth-order valence-electron chi connectivity index (χ4n) is 4.90. The molecular formula is C34H22ClN3O3. The molecule has 0 N–H and O–H groups in total. The zero-order valence-corrected chi connectivity index (χ0v) is 22.5. The van der Waals surface area contributed by atoms with Crippen molar-refractivity contribution in [2.24, 2.45) is 5.10 Å². The highest BCUT2D eigenvalue weighted by Crippen LogP contribution is 2.30. The van der Waals surface area contributed by atoms with Crippen molar-refractivity contribution in [3.63, 3.8) is 0 Å². The molecule has 2 aromatic heterocycles. The van der Waals surface area contributed by atoms with E-state index in [1.54, 1.807) is 12.3 Å². The predicted octanol–water partition coefficient (Wildman–Crippen LogP) is 8.08. The van der Waals surface area contributed by atoms with Crippen molar-refractivity contribution in [3.8, 4) is 17.3 Å². The van der Waals surface area contributed by atoms with Gasteiger partial charge in [0.2, 0.25) is 5.82 Å². The Kier molecular flexibility index (Phi) is 6.30. The van der Waals surface area contributed by atoms with Gasteiger partial charge in [-0.15, -0.1) is 0 Å². The van der Waals surface area contributed by atoms with E-state index in [1.807, 2.05) is 109 Å². The Labute approximate surface area is 239 Å². The molecule has 0 fully saturated rings. The van der Waals surface area contributed by atoms with Crippen LogP contribution >= 0.6 is 11.6 Å². The van der Waals surface area contributed by atoms with Crippen molar-refractivity contribution >= 4 is 50.5 Å². The normalized spacial score (nSPS) is 11.6. The Bertz CT molecular complexity index is 2130. The summed E-state index contributed by atoms with van der Waals surface area (Å²) < 4.78 is 13.7. The summed E-state index contributed by atoms with van der Waals surface area (Å²) in [6, 6.07) is 36.2. The smallest absolute Gasteiger partial charge is 0.282 e. The first-order valence-electron chi connectivity index (χ1n) is 13.1. The first-order chi connectivity index (χ1) is 20.2. The molecule has 5 aromatic carbocycles. The van der Waals surface area contributed by atoms with Gasteiger partial charge in [0.1, 0.15) is 17.9 Å². The number of aromatic nitrogens is 2. The second-order valence-electron chi connectivity index (χ2n) is 9.54. The Hall–Kier alpha value is -5.20. The highest BCUT2D eigenvalue weighted by Gasteiger charge is 2.17. The quantitative estimate of drug-likeness (QED) is 0.194. The van der Waals surface area contributed by atoms with Crippen LogP contribution in [0.5, 0.6) is 5.75 Å². The zero-order chi connectivity index (χ0) is 27.8. The van der Waals surface area contributed by atoms with Crippen molar-refractivity contribution in [3.05, 3.63) is 142 Å². The van der Waals surface area contributed by atoms with Crippen LogP contribution in [0.2, 0.25) is 5.02 Å². The van der Waals surface area contributed by atoms with Gasteiger partial charge >= 0.3 is 0 Å². The Morgan fingerprint density at radius 3 is 2.41 bits per heavy atom. The molecule has 0 amide bonds. The molecule has 41 heavy (non-hydrogen) atoms. The molecule has 6 nitrogen and oxygen atoms in total. The SMILES string of the molecule is O=c1c2ccccc2nc(-c2cc3ccccc3o2)n1N=Cc1c(OCc2ccccc2Cl)ccc2ccccc12. The van der Waals surface area contributed by atoms with E-state index in [1.165, 1.54) is 4.68 Å². The van der Waals surface area contributed by atoms with Gasteiger partial charge in [-0.25, -0.2) is 4.98 Å². The maximum absolute atomic E-state index is 13.8. The average molecular weight is 556 g/mol. The van der Waals surface area contributed by atoms with E-state index in [4.69, 9.17) is 30.8 Å². The Morgan fingerprint density at radius 2 is 1.56 bits per heavy atom. The maximum atomic E-state index is 13.8. The molecule has 0 aliphatic heterocycles. The largest absolute Gasteiger partial charge is 0.488 e. The predicted molar refractivity (Wildman–Crippen MR) is 164 cm³/mol. The number of hydrogen-bond acceptors (Lipinski definition) is 5. The van der Waals surface area contributed by atoms with Crippen LogP contribution in [0.3, 0.4) is 0 Å². The van der Waals surface area contributed by atoms with Gasteiger partial charge in [-0.05, 0) is 47.2 Å². The number of hydrogen-bond donors (Lipinski definition) is 0. The molecular weight excluding hydrogens is 534 g/mol. The van der Waals surface area contributed by atoms with E-state index in [0.717, 1.165) is 27.3 Å². The standard InChI is InChI=1S/C34H22ClN3O3/c35-28-14-6-2-11-24(28)21-40-31-18-17-22-9-1-4-12-25(22)27(31)20-36-38-33(32-19-23-10-3-8-16-30(23)41-32)37-29-15-7-5-13-26(29)34(38)39/h1-20H,21H2. The van der Waals surface area contributed by atoms with Gasteiger partial charge in [-0.1, -0.05) is 90.5 Å². The molecule has 7 heteroatoms. The highest BCUT2D eigenvalue weighted by atomic mass is 35.5. The highest BCUT2D eigenvalue weighted by molar-refractivity contribution is 6.31. The molecule has 0 unspecified atom stereocenters. The van der Waals surface area contributed by atoms with Gasteiger partial charge in [0.25, 0.3) is 5.56 Å². The molecule has 2 heterocycles. The number of benzene rings is 5. The number of nitrogens with zero attached hydrogens (tertiary/aromatic N) is 3. The van der Waals surface area contributed by atoms with Crippen LogP contribution in [0.4, 0.5) is 0 Å². The first kappa shape index (κ1) is 24.8. The van der Waals surface area contributed by atoms with Crippen molar-refractivity contribution in [1.82, 2.24) is 9.66 Å². The summed E-state index contributed by atoms with van der Waals surface area (Å²) in [7, 11) is 0. The Balaban J connectivity index is 1.39. The topological polar surface area (TPSA) is 69.6 Å². The number of fused-ring (bicyclic) bond motifs is 3. The molecule has 0 aliphatic rings. The van der Waals surface area contributed by atoms with Crippen LogP contribution in [-0.2, 0) is 6.61 Å². The maximum Gasteiger partial charge on any atom is 0.282 e. The van der Waals surface area contributed by atoms with Crippen LogP contribution in [0, 0.1) is 0 Å². The summed E-state index contributed by atoms with van der Waals surface area (Å²) in [5.74, 6) is 1.36. The molecule has 198 valence electrons. The zero-order valence-electron chi connectivity index (χ0n) is 21.7. The third-order valence-electron chi connectivity index (χ3n) is 6.97. The minimum Gasteiger partial charge on any atom is -0.488 e. The van der Waals surface area contributed by atoms with Gasteiger partial charge < -0.3 is 9.15 Å². The lowest BCUT2D eigenvalue weighted by Gasteiger charge is -2.13. The first-order valence-corrected chi connectivity index (χ1v) is 13.5. The number of furan rings is 1. The fraction of sp³-hybridized carbons (Fsp3) is 0.0294. The van der Waals surface area contributed by atoms with E-state index in [2.05, 4.69) is 0 Å². The van der Waals surface area contributed by atoms with Crippen LogP contribution in [0.25, 0.3) is 44.2 Å². The van der Waals surface area contributed by atoms with E-state index < -0.39 is 0 Å². The van der Waals surface area contributed by atoms with E-state index in [0.29, 0.717) is 38.8 Å². The van der Waals surface area contributed by atoms with Crippen molar-refractivity contribution in [2.75, 3.05) is 0 Å². The number of para-hydroxylation sites is 2. The lowest BCUT2D eigenvalue weighted by Crippen LogP contribution is -2.20. The van der Waals surface area contributed by atoms with Crippen molar-refractivity contribution in [2.45, 2.75) is 6.61 Å². The molecule has 0 aliphatic carbocycles. The summed E-state index contributed by atoms with van der Waals surface area (Å²) in [5, 5.41) is 8.65. The van der Waals surface area contributed by atoms with E-state index in [9.17, 15) is 4.79 Å². The third kappa shape index (κ3) is 4.64. The molecule has 0 atom stereocenters. The Morgan fingerprint density at radius 1 is 0.829 bits per heavy atom. The number of rotatable bonds is 6. The van der Waals surface area contributed by atoms with Crippen molar-refractivity contribution < 1.29 is 9.15 Å². The van der Waals surface area contributed by atoms with Gasteiger partial charge in [0.05, 0.1) is 17.1 Å². The van der Waals surface area contributed by atoms with Gasteiger partial charge in [-0.3, -0.25) is 4.79 Å². The number of halogens is 1. The molecule has 0 spiro atoms. The van der Waals surface area contributed by atoms with E-state index in [-0.39, 0.29) is 12.2 Å². The van der Waals surface area contributed by atoms with Crippen LogP contribution in [0.1, 0.15) is 11.1 Å². The minimum absolute atomic E-state index is 0.278. The molecule has 0 bridgehead atoms. The van der Waals surface area contributed by atoms with Gasteiger partial charge in [-0.2, -0.15) is 9.78 Å². The summed E-state index contributed by atoms with van der Waals surface area (Å²) in [6.45, 7) is 0.278. The summed E-state index contributed by atoms with van der Waals surface area (Å²) >= 11 is 6.38.